The molecule has 6 amide bonds. The van der Waals surface area contributed by atoms with Gasteiger partial charge in [-0.25, -0.2) is 14.4 Å². The van der Waals surface area contributed by atoms with E-state index in [9.17, 15) is 47.9 Å². The zero-order valence-corrected chi connectivity index (χ0v) is 44.1. The van der Waals surface area contributed by atoms with E-state index in [1.54, 1.807) is 38.4 Å². The number of rotatable bonds is 24. The number of carbonyl (C=O) groups excluding carboxylic acids is 7. The summed E-state index contributed by atoms with van der Waals surface area (Å²) in [6.07, 6.45) is 8.40. The standard InChI is InChI=1S/C16H27N5O9.C12H16N2O2.C9H9NO2.2C7H8.C2H6.C2H2/c1-17-6-7-18-12(23)8-19-11(22)4-2-9(14(26)27)20-16(30)21-10(15(28)29)3-5-13(24)25;1-13-11(12(16)14-7-8-15)9-10-5-3-2-4-6-10;11-7-6-10-9(12)8-4-2-1-3-5-8;2*1-7-5-3-2-4-6-7;2*1-2/h9-10,17H,2-8H2,1H3,(H,18,23)(H,19,22)(H,24,25)(H,26,27)(H,28,29)(H2,20,21,30);2-6,8,11,13H,7,9H2,1H3,(H,14,16);1-5,7H,6H2,(H,10,12);2*2-6H,1H3;1-2H3;1-2H. The molecule has 0 saturated carbocycles. The van der Waals surface area contributed by atoms with Crippen LogP contribution < -0.4 is 42.5 Å². The van der Waals surface area contributed by atoms with Crippen LogP contribution in [-0.2, 0) is 44.8 Å². The van der Waals surface area contributed by atoms with Crippen molar-refractivity contribution in [3.05, 3.63) is 144 Å². The van der Waals surface area contributed by atoms with Crippen LogP contribution in [0, 0.1) is 26.7 Å². The molecule has 0 radical (unpaired) electrons. The summed E-state index contributed by atoms with van der Waals surface area (Å²) in [6, 6.07) is 34.6. The highest BCUT2D eigenvalue weighted by atomic mass is 16.4. The molecule has 0 spiro atoms. The van der Waals surface area contributed by atoms with E-state index in [0.717, 1.165) is 5.56 Å². The monoisotopic (exact) mass is 1060 g/mol. The number of amides is 6. The number of carboxylic acid groups (broad SMARTS) is 3. The van der Waals surface area contributed by atoms with Crippen LogP contribution in [0.4, 0.5) is 4.79 Å². The highest BCUT2D eigenvalue weighted by Gasteiger charge is 2.25. The van der Waals surface area contributed by atoms with Crippen molar-refractivity contribution in [3.63, 3.8) is 0 Å². The van der Waals surface area contributed by atoms with Crippen LogP contribution in [0.5, 0.6) is 0 Å². The second kappa shape index (κ2) is 48.5. The van der Waals surface area contributed by atoms with E-state index in [-0.39, 0.29) is 50.3 Å². The first-order chi connectivity index (χ1) is 36.5. The fourth-order valence-electron chi connectivity index (χ4n) is 5.41. The van der Waals surface area contributed by atoms with Crippen molar-refractivity contribution in [1.82, 2.24) is 42.5 Å². The Morgan fingerprint density at radius 2 is 0.974 bits per heavy atom. The second-order valence-electron chi connectivity index (χ2n) is 15.1. The molecule has 21 heteroatoms. The van der Waals surface area contributed by atoms with E-state index in [4.69, 9.17) is 15.3 Å². The normalized spacial score (nSPS) is 10.4. The molecule has 4 aromatic carbocycles. The molecule has 3 atom stereocenters. The summed E-state index contributed by atoms with van der Waals surface area (Å²) < 4.78 is 0. The average Bonchev–Trinajstić information content (AvgIpc) is 3.43. The van der Waals surface area contributed by atoms with Crippen LogP contribution in [0.2, 0.25) is 0 Å². The Morgan fingerprint density at radius 3 is 1.37 bits per heavy atom. The van der Waals surface area contributed by atoms with Gasteiger partial charge in [-0.1, -0.05) is 134 Å². The van der Waals surface area contributed by atoms with E-state index >= 15 is 0 Å². The van der Waals surface area contributed by atoms with Crippen LogP contribution in [0.25, 0.3) is 0 Å². The lowest BCUT2D eigenvalue weighted by Gasteiger charge is -2.18. The van der Waals surface area contributed by atoms with E-state index in [1.165, 1.54) is 11.1 Å². The summed E-state index contributed by atoms with van der Waals surface area (Å²) in [5.74, 6) is -5.61. The number of terminal acetylenes is 1. The maximum absolute atomic E-state index is 11.8. The molecule has 0 fully saturated rings. The SMILES string of the molecule is C#C.CC.CNC(Cc1ccccc1)C(=O)NCC=O.CNCCNC(=O)CNC(=O)CCC(NC(=O)NC(CCC(=O)O)C(=O)O)C(=O)O.Cc1ccccc1.Cc1ccccc1.O=CCNC(=O)c1ccccc1. The average molecular weight is 1060 g/mol. The molecule has 0 saturated heterocycles. The summed E-state index contributed by atoms with van der Waals surface area (Å²) in [5.41, 5.74) is 4.30. The van der Waals surface area contributed by atoms with Gasteiger partial charge < -0.3 is 67.4 Å². The van der Waals surface area contributed by atoms with E-state index in [0.29, 0.717) is 37.6 Å². The van der Waals surface area contributed by atoms with E-state index < -0.39 is 60.7 Å². The molecule has 0 heterocycles. The van der Waals surface area contributed by atoms with Crippen molar-refractivity contribution in [2.45, 2.75) is 77.9 Å². The van der Waals surface area contributed by atoms with Crippen molar-refractivity contribution >= 4 is 60.1 Å². The molecule has 4 rings (SSSR count). The topological polar surface area (TPSA) is 328 Å². The van der Waals surface area contributed by atoms with Crippen LogP contribution in [0.1, 0.15) is 66.6 Å². The number of urea groups is 1. The number of hydrogen-bond donors (Lipinski definition) is 11. The molecule has 11 N–H and O–H groups in total. The number of hydrogen-bond acceptors (Lipinski definition) is 12. The predicted octanol–water partition coefficient (Wildman–Crippen LogP) is 3.30. The van der Waals surface area contributed by atoms with Gasteiger partial charge in [0.25, 0.3) is 5.91 Å². The van der Waals surface area contributed by atoms with Gasteiger partial charge in [0.2, 0.25) is 17.7 Å². The molecule has 0 aliphatic rings. The second-order valence-corrected chi connectivity index (χ2v) is 15.1. The number of aliphatic carboxylic acids is 3. The maximum Gasteiger partial charge on any atom is 0.326 e. The smallest absolute Gasteiger partial charge is 0.326 e. The Kier molecular flexibility index (Phi) is 45.7. The summed E-state index contributed by atoms with van der Waals surface area (Å²) in [6.45, 7) is 8.92. The fourth-order valence-corrected chi connectivity index (χ4v) is 5.41. The minimum atomic E-state index is -1.53. The van der Waals surface area contributed by atoms with Crippen molar-refractivity contribution < 1.29 is 63.3 Å². The van der Waals surface area contributed by atoms with Gasteiger partial charge in [-0.15, -0.1) is 12.8 Å². The number of nitrogens with one attached hydrogen (secondary N) is 8. The van der Waals surface area contributed by atoms with Crippen molar-refractivity contribution in [2.24, 2.45) is 0 Å². The number of aryl methyl sites for hydroxylation is 2. The van der Waals surface area contributed by atoms with Gasteiger partial charge in [-0.3, -0.25) is 24.0 Å². The highest BCUT2D eigenvalue weighted by molar-refractivity contribution is 5.95. The molecule has 414 valence electrons. The Bertz CT molecular complexity index is 2220. The van der Waals surface area contributed by atoms with Gasteiger partial charge in [0.05, 0.1) is 25.7 Å². The summed E-state index contributed by atoms with van der Waals surface area (Å²) >= 11 is 0. The molecule has 0 aliphatic carbocycles. The summed E-state index contributed by atoms with van der Waals surface area (Å²) in [4.78, 5) is 111. The van der Waals surface area contributed by atoms with Gasteiger partial charge in [-0.05, 0) is 64.9 Å². The third-order valence-electron chi connectivity index (χ3n) is 9.23. The molecule has 0 aliphatic heterocycles. The third kappa shape index (κ3) is 40.8. The van der Waals surface area contributed by atoms with Crippen LogP contribution >= 0.6 is 0 Å². The number of aldehydes is 2. The molecular formula is C55H76N8O13. The lowest BCUT2D eigenvalue weighted by atomic mass is 10.1. The van der Waals surface area contributed by atoms with Crippen molar-refractivity contribution in [2.75, 3.05) is 46.8 Å². The molecule has 0 bridgehead atoms. The van der Waals surface area contributed by atoms with E-state index in [2.05, 4.69) is 82.9 Å². The van der Waals surface area contributed by atoms with Gasteiger partial charge in [0, 0.05) is 31.5 Å². The molecular weight excluding hydrogens is 981 g/mol. The first kappa shape index (κ1) is 71.5. The number of carbonyl (C=O) groups is 10. The quantitative estimate of drug-likeness (QED) is 0.0273. The van der Waals surface area contributed by atoms with Crippen molar-refractivity contribution in [3.8, 4) is 12.8 Å². The summed E-state index contributed by atoms with van der Waals surface area (Å²) in [5, 5.41) is 46.3. The minimum absolute atomic E-state index is 0.0613. The number of carboxylic acids is 3. The highest BCUT2D eigenvalue weighted by Crippen LogP contribution is 2.04. The molecule has 76 heavy (non-hydrogen) atoms. The minimum Gasteiger partial charge on any atom is -0.481 e. The van der Waals surface area contributed by atoms with Gasteiger partial charge in [-0.2, -0.15) is 0 Å². The Hall–Kier alpha value is -8.74. The van der Waals surface area contributed by atoms with Gasteiger partial charge in [0.1, 0.15) is 24.7 Å². The van der Waals surface area contributed by atoms with Crippen LogP contribution in [0.15, 0.2) is 121 Å². The Balaban J connectivity index is -0.000000960. The first-order valence-corrected chi connectivity index (χ1v) is 24.0. The van der Waals surface area contributed by atoms with Crippen LogP contribution in [0.3, 0.4) is 0 Å². The van der Waals surface area contributed by atoms with Gasteiger partial charge in [0.15, 0.2) is 0 Å². The van der Waals surface area contributed by atoms with E-state index in [1.807, 2.05) is 97.3 Å². The van der Waals surface area contributed by atoms with Gasteiger partial charge >= 0.3 is 23.9 Å². The fraction of sp³-hybridized carbons (Fsp3) is 0.345. The Labute approximate surface area is 445 Å². The van der Waals surface area contributed by atoms with Crippen LogP contribution in [-0.4, -0.2) is 140 Å². The lowest BCUT2D eigenvalue weighted by Crippen LogP contribution is -2.51. The summed E-state index contributed by atoms with van der Waals surface area (Å²) in [7, 11) is 3.44. The molecule has 3 unspecified atom stereocenters. The maximum atomic E-state index is 11.8. The zero-order valence-electron chi connectivity index (χ0n) is 44.1. The largest absolute Gasteiger partial charge is 0.481 e. The molecule has 4 aromatic rings. The lowest BCUT2D eigenvalue weighted by molar-refractivity contribution is -0.141. The number of benzene rings is 4. The predicted molar refractivity (Wildman–Crippen MR) is 291 cm³/mol. The first-order valence-electron chi connectivity index (χ1n) is 24.0. The molecule has 21 nitrogen and oxygen atoms in total. The molecule has 0 aromatic heterocycles. The third-order valence-corrected chi connectivity index (χ3v) is 9.23. The number of likely N-dealkylation sites (N-methyl/N-ethyl adjacent to an activating group) is 2. The Morgan fingerprint density at radius 1 is 0.539 bits per heavy atom. The van der Waals surface area contributed by atoms with Crippen molar-refractivity contribution in [1.29, 1.82) is 0 Å². The zero-order chi connectivity index (χ0) is 57.9.